The standard InChI is InChI=1S/C16H17ClN4O2S/c1-2-24(22,23)19-10-15-20-14-8-5-9-18-16(14)21(15)11-12-6-3-4-7-13(12)17/h3-9,19H,2,10-11H2,1H3. The topological polar surface area (TPSA) is 76.9 Å². The minimum atomic E-state index is -3.30. The van der Waals surface area contributed by atoms with Crippen LogP contribution in [0.2, 0.25) is 5.02 Å². The summed E-state index contributed by atoms with van der Waals surface area (Å²) in [5.74, 6) is 0.622. The summed E-state index contributed by atoms with van der Waals surface area (Å²) < 4.78 is 27.9. The molecule has 0 aliphatic rings. The van der Waals surface area contributed by atoms with Gasteiger partial charge in [-0.15, -0.1) is 0 Å². The van der Waals surface area contributed by atoms with Crippen molar-refractivity contribution in [3.63, 3.8) is 0 Å². The number of benzene rings is 1. The number of halogens is 1. The van der Waals surface area contributed by atoms with Gasteiger partial charge in [0.2, 0.25) is 10.0 Å². The van der Waals surface area contributed by atoms with Crippen molar-refractivity contribution in [3.8, 4) is 0 Å². The number of nitrogens with zero attached hydrogens (tertiary/aromatic N) is 3. The van der Waals surface area contributed by atoms with Crippen LogP contribution in [0, 0.1) is 0 Å². The third-order valence-electron chi connectivity index (χ3n) is 3.70. The first-order valence-corrected chi connectivity index (χ1v) is 9.54. The third kappa shape index (κ3) is 3.58. The molecule has 0 amide bonds. The highest BCUT2D eigenvalue weighted by molar-refractivity contribution is 7.89. The molecule has 126 valence electrons. The quantitative estimate of drug-likeness (QED) is 0.729. The molecule has 0 unspecified atom stereocenters. The molecule has 0 aliphatic carbocycles. The van der Waals surface area contributed by atoms with E-state index in [9.17, 15) is 8.42 Å². The van der Waals surface area contributed by atoms with Gasteiger partial charge in [-0.25, -0.2) is 23.1 Å². The SMILES string of the molecule is CCS(=O)(=O)NCc1nc2cccnc2n1Cc1ccccc1Cl. The molecule has 0 aliphatic heterocycles. The molecule has 3 aromatic rings. The third-order valence-corrected chi connectivity index (χ3v) is 5.41. The lowest BCUT2D eigenvalue weighted by molar-refractivity contribution is 0.578. The Kier molecular flexibility index (Phi) is 4.84. The molecule has 2 heterocycles. The van der Waals surface area contributed by atoms with Crippen LogP contribution in [-0.2, 0) is 23.1 Å². The van der Waals surface area contributed by atoms with E-state index in [0.29, 0.717) is 23.0 Å². The van der Waals surface area contributed by atoms with Gasteiger partial charge < -0.3 is 4.57 Å². The number of rotatable bonds is 6. The van der Waals surface area contributed by atoms with E-state index >= 15 is 0 Å². The van der Waals surface area contributed by atoms with Crippen LogP contribution in [0.15, 0.2) is 42.6 Å². The van der Waals surface area contributed by atoms with Gasteiger partial charge in [0.15, 0.2) is 5.65 Å². The van der Waals surface area contributed by atoms with Crippen molar-refractivity contribution in [2.24, 2.45) is 0 Å². The lowest BCUT2D eigenvalue weighted by atomic mass is 10.2. The zero-order valence-corrected chi connectivity index (χ0v) is 14.7. The minimum absolute atomic E-state index is 0.0238. The van der Waals surface area contributed by atoms with Crippen LogP contribution in [0.3, 0.4) is 0 Å². The number of fused-ring (bicyclic) bond motifs is 1. The number of aromatic nitrogens is 3. The van der Waals surface area contributed by atoms with Crippen molar-refractivity contribution in [2.45, 2.75) is 20.0 Å². The Hall–Kier alpha value is -1.96. The van der Waals surface area contributed by atoms with Gasteiger partial charge in [-0.3, -0.25) is 0 Å². The second-order valence-corrected chi connectivity index (χ2v) is 7.78. The van der Waals surface area contributed by atoms with Crippen molar-refractivity contribution in [1.29, 1.82) is 0 Å². The molecule has 8 heteroatoms. The lowest BCUT2D eigenvalue weighted by Gasteiger charge is -2.11. The highest BCUT2D eigenvalue weighted by Gasteiger charge is 2.15. The molecule has 6 nitrogen and oxygen atoms in total. The minimum Gasteiger partial charge on any atom is -0.307 e. The van der Waals surface area contributed by atoms with Gasteiger partial charge in [0.1, 0.15) is 11.3 Å². The second-order valence-electron chi connectivity index (χ2n) is 5.28. The predicted molar refractivity (Wildman–Crippen MR) is 94.4 cm³/mol. The fourth-order valence-corrected chi connectivity index (χ4v) is 3.13. The molecule has 0 saturated carbocycles. The Labute approximate surface area is 145 Å². The van der Waals surface area contributed by atoms with E-state index in [0.717, 1.165) is 11.1 Å². The van der Waals surface area contributed by atoms with Gasteiger partial charge in [0.25, 0.3) is 0 Å². The average Bonchev–Trinajstić information content (AvgIpc) is 2.93. The summed E-state index contributed by atoms with van der Waals surface area (Å²) in [4.78, 5) is 8.88. The largest absolute Gasteiger partial charge is 0.307 e. The van der Waals surface area contributed by atoms with Crippen LogP contribution in [0.4, 0.5) is 0 Å². The number of imidazole rings is 1. The molecule has 0 radical (unpaired) electrons. The Morgan fingerprint density at radius 3 is 2.75 bits per heavy atom. The maximum atomic E-state index is 11.7. The van der Waals surface area contributed by atoms with Gasteiger partial charge in [-0.2, -0.15) is 0 Å². The van der Waals surface area contributed by atoms with Crippen LogP contribution < -0.4 is 4.72 Å². The summed E-state index contributed by atoms with van der Waals surface area (Å²) in [7, 11) is -3.30. The van der Waals surface area contributed by atoms with Gasteiger partial charge in [-0.1, -0.05) is 29.8 Å². The Balaban J connectivity index is 2.01. The number of hydrogen-bond acceptors (Lipinski definition) is 4. The number of nitrogens with one attached hydrogen (secondary N) is 1. The normalized spacial score (nSPS) is 11.9. The van der Waals surface area contributed by atoms with E-state index in [1.807, 2.05) is 34.9 Å². The van der Waals surface area contributed by atoms with E-state index < -0.39 is 10.0 Å². The summed E-state index contributed by atoms with van der Waals surface area (Å²) in [5, 5.41) is 0.648. The van der Waals surface area contributed by atoms with Crippen LogP contribution >= 0.6 is 11.6 Å². The molecule has 0 bridgehead atoms. The molecule has 0 fully saturated rings. The second kappa shape index (κ2) is 6.88. The summed E-state index contributed by atoms with van der Waals surface area (Å²) in [6.45, 7) is 2.17. The van der Waals surface area contributed by atoms with Gasteiger partial charge in [0, 0.05) is 11.2 Å². The number of sulfonamides is 1. The van der Waals surface area contributed by atoms with Crippen LogP contribution in [0.1, 0.15) is 18.3 Å². The lowest BCUT2D eigenvalue weighted by Crippen LogP contribution is -2.26. The first kappa shape index (κ1) is 16.9. The monoisotopic (exact) mass is 364 g/mol. The molecular formula is C16H17ClN4O2S. The molecule has 0 spiro atoms. The van der Waals surface area contributed by atoms with Crippen molar-refractivity contribution in [3.05, 3.63) is 59.0 Å². The van der Waals surface area contributed by atoms with Crippen LogP contribution in [-0.4, -0.2) is 28.7 Å². The fourth-order valence-electron chi connectivity index (χ4n) is 2.38. The van der Waals surface area contributed by atoms with Gasteiger partial charge >= 0.3 is 0 Å². The van der Waals surface area contributed by atoms with Crippen LogP contribution in [0.5, 0.6) is 0 Å². The van der Waals surface area contributed by atoms with Crippen molar-refractivity contribution >= 4 is 32.8 Å². The highest BCUT2D eigenvalue weighted by atomic mass is 35.5. The van der Waals surface area contributed by atoms with Gasteiger partial charge in [-0.05, 0) is 30.7 Å². The molecule has 1 N–H and O–H groups in total. The fraction of sp³-hybridized carbons (Fsp3) is 0.250. The summed E-state index contributed by atoms with van der Waals surface area (Å²) in [5.41, 5.74) is 2.34. The molecule has 2 aromatic heterocycles. The summed E-state index contributed by atoms with van der Waals surface area (Å²) in [6.07, 6.45) is 1.69. The Morgan fingerprint density at radius 1 is 1.21 bits per heavy atom. The van der Waals surface area contributed by atoms with Crippen molar-refractivity contribution in [2.75, 3.05) is 5.75 Å². The summed E-state index contributed by atoms with van der Waals surface area (Å²) in [6, 6.07) is 11.2. The van der Waals surface area contributed by atoms with E-state index in [2.05, 4.69) is 14.7 Å². The van der Waals surface area contributed by atoms with E-state index in [1.54, 1.807) is 19.2 Å². The molecule has 0 saturated heterocycles. The average molecular weight is 365 g/mol. The predicted octanol–water partition coefficient (Wildman–Crippen LogP) is 2.57. The zero-order valence-electron chi connectivity index (χ0n) is 13.1. The zero-order chi connectivity index (χ0) is 17.2. The summed E-state index contributed by atoms with van der Waals surface area (Å²) >= 11 is 6.25. The van der Waals surface area contributed by atoms with E-state index in [4.69, 9.17) is 11.6 Å². The first-order chi connectivity index (χ1) is 11.5. The van der Waals surface area contributed by atoms with E-state index in [1.165, 1.54) is 0 Å². The Morgan fingerprint density at radius 2 is 2.00 bits per heavy atom. The maximum absolute atomic E-state index is 11.7. The number of hydrogen-bond donors (Lipinski definition) is 1. The van der Waals surface area contributed by atoms with Gasteiger partial charge in [0.05, 0.1) is 18.8 Å². The molecule has 3 rings (SSSR count). The molecule has 1 aromatic carbocycles. The molecule has 24 heavy (non-hydrogen) atoms. The van der Waals surface area contributed by atoms with Crippen molar-refractivity contribution in [1.82, 2.24) is 19.3 Å². The van der Waals surface area contributed by atoms with Crippen molar-refractivity contribution < 1.29 is 8.42 Å². The number of pyridine rings is 1. The van der Waals surface area contributed by atoms with Crippen LogP contribution in [0.25, 0.3) is 11.2 Å². The highest BCUT2D eigenvalue weighted by Crippen LogP contribution is 2.20. The maximum Gasteiger partial charge on any atom is 0.211 e. The smallest absolute Gasteiger partial charge is 0.211 e. The Bertz CT molecular complexity index is 969. The van der Waals surface area contributed by atoms with E-state index in [-0.39, 0.29) is 12.3 Å². The molecular weight excluding hydrogens is 348 g/mol. The molecule has 0 atom stereocenters. The first-order valence-electron chi connectivity index (χ1n) is 7.51.